The molecule has 0 bridgehead atoms. The molecule has 1 fully saturated rings. The number of nitrogens with zero attached hydrogens (tertiary/aromatic N) is 1. The molecule has 0 atom stereocenters. The van der Waals surface area contributed by atoms with Gasteiger partial charge in [-0.05, 0) is 18.3 Å². The SMILES string of the molecule is CC(C)(C)CNC(=O)N(CCC(=O)O)C1CC1. The molecule has 2 amide bonds. The standard InChI is InChI=1S/C12H22N2O3/c1-12(2,3)8-13-11(17)14(9-4-5-9)7-6-10(15)16/h9H,4-8H2,1-3H3,(H,13,17)(H,15,16). The Kier molecular flexibility index (Phi) is 4.37. The Morgan fingerprint density at radius 2 is 1.94 bits per heavy atom. The van der Waals surface area contributed by atoms with E-state index in [1.54, 1.807) is 4.90 Å². The molecule has 17 heavy (non-hydrogen) atoms. The molecular weight excluding hydrogens is 220 g/mol. The van der Waals surface area contributed by atoms with E-state index in [4.69, 9.17) is 5.11 Å². The van der Waals surface area contributed by atoms with Crippen LogP contribution < -0.4 is 5.32 Å². The van der Waals surface area contributed by atoms with E-state index in [-0.39, 0.29) is 23.9 Å². The lowest BCUT2D eigenvalue weighted by Gasteiger charge is -2.25. The van der Waals surface area contributed by atoms with Gasteiger partial charge in [-0.1, -0.05) is 20.8 Å². The molecule has 0 heterocycles. The molecule has 0 aromatic rings. The van der Waals surface area contributed by atoms with Gasteiger partial charge >= 0.3 is 12.0 Å². The van der Waals surface area contributed by atoms with Crippen LogP contribution in [0.15, 0.2) is 0 Å². The molecule has 0 radical (unpaired) electrons. The fraction of sp³-hybridized carbons (Fsp3) is 0.833. The Hall–Kier alpha value is -1.26. The van der Waals surface area contributed by atoms with E-state index in [1.165, 1.54) is 0 Å². The lowest BCUT2D eigenvalue weighted by atomic mass is 9.97. The number of carboxylic acids is 1. The molecule has 1 aliphatic rings. The van der Waals surface area contributed by atoms with Crippen molar-refractivity contribution in [3.8, 4) is 0 Å². The molecule has 1 aliphatic carbocycles. The number of aliphatic carboxylic acids is 1. The van der Waals surface area contributed by atoms with Crippen molar-refractivity contribution in [2.24, 2.45) is 5.41 Å². The first-order chi connectivity index (χ1) is 7.79. The first kappa shape index (κ1) is 13.8. The summed E-state index contributed by atoms with van der Waals surface area (Å²) in [6.45, 7) is 7.04. The Balaban J connectivity index is 2.41. The van der Waals surface area contributed by atoms with E-state index < -0.39 is 5.97 Å². The molecule has 5 nitrogen and oxygen atoms in total. The number of carbonyl (C=O) groups is 2. The van der Waals surface area contributed by atoms with Crippen LogP contribution in [0.25, 0.3) is 0 Å². The van der Waals surface area contributed by atoms with Crippen LogP contribution in [0.1, 0.15) is 40.0 Å². The summed E-state index contributed by atoms with van der Waals surface area (Å²) in [5.74, 6) is -0.862. The van der Waals surface area contributed by atoms with Crippen LogP contribution in [-0.4, -0.2) is 41.1 Å². The number of carbonyl (C=O) groups excluding carboxylic acids is 1. The second kappa shape index (κ2) is 5.38. The van der Waals surface area contributed by atoms with Gasteiger partial charge in [-0.15, -0.1) is 0 Å². The minimum Gasteiger partial charge on any atom is -0.481 e. The van der Waals surface area contributed by atoms with Crippen molar-refractivity contribution >= 4 is 12.0 Å². The lowest BCUT2D eigenvalue weighted by Crippen LogP contribution is -2.45. The molecule has 0 saturated heterocycles. The Labute approximate surface area is 102 Å². The monoisotopic (exact) mass is 242 g/mol. The van der Waals surface area contributed by atoms with Crippen molar-refractivity contribution < 1.29 is 14.7 Å². The van der Waals surface area contributed by atoms with Crippen LogP contribution in [0, 0.1) is 5.41 Å². The lowest BCUT2D eigenvalue weighted by molar-refractivity contribution is -0.137. The Morgan fingerprint density at radius 1 is 1.35 bits per heavy atom. The summed E-state index contributed by atoms with van der Waals surface area (Å²) in [6.07, 6.45) is 1.99. The molecule has 1 rings (SSSR count). The summed E-state index contributed by atoms with van der Waals surface area (Å²) in [6, 6.07) is 0.109. The highest BCUT2D eigenvalue weighted by Crippen LogP contribution is 2.27. The van der Waals surface area contributed by atoms with E-state index in [2.05, 4.69) is 5.32 Å². The summed E-state index contributed by atoms with van der Waals surface area (Å²) < 4.78 is 0. The number of urea groups is 1. The molecule has 0 aromatic heterocycles. The first-order valence-electron chi connectivity index (χ1n) is 6.06. The van der Waals surface area contributed by atoms with E-state index in [9.17, 15) is 9.59 Å². The minimum atomic E-state index is -0.862. The topological polar surface area (TPSA) is 69.6 Å². The van der Waals surface area contributed by atoms with Crippen molar-refractivity contribution in [3.63, 3.8) is 0 Å². The summed E-state index contributed by atoms with van der Waals surface area (Å²) in [7, 11) is 0. The van der Waals surface area contributed by atoms with Crippen LogP contribution >= 0.6 is 0 Å². The third kappa shape index (κ3) is 5.56. The third-order valence-corrected chi connectivity index (χ3v) is 2.59. The van der Waals surface area contributed by atoms with Crippen LogP contribution in [-0.2, 0) is 4.79 Å². The summed E-state index contributed by atoms with van der Waals surface area (Å²) in [5, 5.41) is 11.5. The number of hydrogen-bond acceptors (Lipinski definition) is 2. The highest BCUT2D eigenvalue weighted by atomic mass is 16.4. The Bertz CT molecular complexity index is 293. The van der Waals surface area contributed by atoms with Crippen LogP contribution in [0.2, 0.25) is 0 Å². The molecule has 2 N–H and O–H groups in total. The van der Waals surface area contributed by atoms with E-state index >= 15 is 0 Å². The van der Waals surface area contributed by atoms with E-state index in [0.29, 0.717) is 13.1 Å². The van der Waals surface area contributed by atoms with Crippen molar-refractivity contribution in [1.82, 2.24) is 10.2 Å². The van der Waals surface area contributed by atoms with Crippen molar-refractivity contribution in [1.29, 1.82) is 0 Å². The van der Waals surface area contributed by atoms with Gasteiger partial charge in [0, 0.05) is 19.1 Å². The zero-order valence-electron chi connectivity index (χ0n) is 10.8. The smallest absolute Gasteiger partial charge is 0.317 e. The van der Waals surface area contributed by atoms with E-state index in [0.717, 1.165) is 12.8 Å². The summed E-state index contributed by atoms with van der Waals surface area (Å²) >= 11 is 0. The molecule has 0 aliphatic heterocycles. The molecule has 1 saturated carbocycles. The molecular formula is C12H22N2O3. The van der Waals surface area contributed by atoms with Gasteiger partial charge < -0.3 is 15.3 Å². The number of carboxylic acid groups (broad SMARTS) is 1. The molecule has 98 valence electrons. The zero-order valence-corrected chi connectivity index (χ0v) is 10.8. The maximum Gasteiger partial charge on any atom is 0.317 e. The molecule has 0 unspecified atom stereocenters. The fourth-order valence-corrected chi connectivity index (χ4v) is 1.49. The van der Waals surface area contributed by atoms with Gasteiger partial charge in [0.05, 0.1) is 6.42 Å². The molecule has 0 spiro atoms. The Morgan fingerprint density at radius 3 is 2.35 bits per heavy atom. The van der Waals surface area contributed by atoms with Gasteiger partial charge in [-0.25, -0.2) is 4.79 Å². The van der Waals surface area contributed by atoms with Crippen molar-refractivity contribution in [2.45, 2.75) is 46.1 Å². The molecule has 5 heteroatoms. The maximum absolute atomic E-state index is 11.9. The van der Waals surface area contributed by atoms with Crippen LogP contribution in [0.3, 0.4) is 0 Å². The van der Waals surface area contributed by atoms with Crippen molar-refractivity contribution in [2.75, 3.05) is 13.1 Å². The fourth-order valence-electron chi connectivity index (χ4n) is 1.49. The number of nitrogens with one attached hydrogen (secondary N) is 1. The number of amides is 2. The normalized spacial score (nSPS) is 15.5. The zero-order chi connectivity index (χ0) is 13.1. The average molecular weight is 242 g/mol. The largest absolute Gasteiger partial charge is 0.481 e. The van der Waals surface area contributed by atoms with Gasteiger partial charge in [0.2, 0.25) is 0 Å². The number of hydrogen-bond donors (Lipinski definition) is 2. The summed E-state index contributed by atoms with van der Waals surface area (Å²) in [4.78, 5) is 24.1. The van der Waals surface area contributed by atoms with Crippen molar-refractivity contribution in [3.05, 3.63) is 0 Å². The van der Waals surface area contributed by atoms with Gasteiger partial charge in [0.25, 0.3) is 0 Å². The predicted molar refractivity (Wildman–Crippen MR) is 64.8 cm³/mol. The third-order valence-electron chi connectivity index (χ3n) is 2.59. The highest BCUT2D eigenvalue weighted by molar-refractivity contribution is 5.76. The van der Waals surface area contributed by atoms with Gasteiger partial charge in [-0.2, -0.15) is 0 Å². The molecule has 0 aromatic carbocycles. The van der Waals surface area contributed by atoms with Crippen LogP contribution in [0.4, 0.5) is 4.79 Å². The second-order valence-electron chi connectivity index (χ2n) is 5.79. The first-order valence-corrected chi connectivity index (χ1v) is 6.06. The highest BCUT2D eigenvalue weighted by Gasteiger charge is 2.32. The minimum absolute atomic E-state index is 0.0133. The maximum atomic E-state index is 11.9. The second-order valence-corrected chi connectivity index (χ2v) is 5.79. The quantitative estimate of drug-likeness (QED) is 0.770. The van der Waals surface area contributed by atoms with Crippen LogP contribution in [0.5, 0.6) is 0 Å². The van der Waals surface area contributed by atoms with Gasteiger partial charge in [0.15, 0.2) is 0 Å². The van der Waals surface area contributed by atoms with Gasteiger partial charge in [-0.3, -0.25) is 4.79 Å². The average Bonchev–Trinajstić information content (AvgIpc) is 2.97. The predicted octanol–water partition coefficient (Wildman–Crippen LogP) is 1.68. The van der Waals surface area contributed by atoms with E-state index in [1.807, 2.05) is 20.8 Å². The number of rotatable bonds is 5. The summed E-state index contributed by atoms with van der Waals surface area (Å²) in [5.41, 5.74) is 0.0394. The van der Waals surface area contributed by atoms with Gasteiger partial charge in [0.1, 0.15) is 0 Å².